The third-order valence-corrected chi connectivity index (χ3v) is 7.25. The highest BCUT2D eigenvalue weighted by molar-refractivity contribution is 7.13. The molecule has 1 fully saturated rings. The van der Waals surface area contributed by atoms with Crippen LogP contribution in [0.25, 0.3) is 20.7 Å². The van der Waals surface area contributed by atoms with E-state index in [0.29, 0.717) is 6.42 Å². The molecular formula is C22H21N5OS2. The van der Waals surface area contributed by atoms with Crippen molar-refractivity contribution in [1.82, 2.24) is 19.2 Å². The zero-order valence-corrected chi connectivity index (χ0v) is 18.0. The van der Waals surface area contributed by atoms with Crippen molar-refractivity contribution in [3.63, 3.8) is 0 Å². The van der Waals surface area contributed by atoms with Gasteiger partial charge in [-0.25, -0.2) is 4.98 Å². The fourth-order valence-corrected chi connectivity index (χ4v) is 5.51. The minimum Gasteiger partial charge on any atom is -0.353 e. The number of hydrogen-bond acceptors (Lipinski definition) is 8. The molecule has 0 radical (unpaired) electrons. The van der Waals surface area contributed by atoms with Gasteiger partial charge >= 0.3 is 0 Å². The number of pyridine rings is 1. The van der Waals surface area contributed by atoms with Crippen LogP contribution in [0.4, 0.5) is 5.82 Å². The fraction of sp³-hybridized carbons (Fsp3) is 0.273. The van der Waals surface area contributed by atoms with Gasteiger partial charge in [-0.15, -0.1) is 11.3 Å². The number of benzene rings is 1. The number of anilines is 1. The normalized spacial score (nSPS) is 16.1. The van der Waals surface area contributed by atoms with Crippen LogP contribution in [0.1, 0.15) is 5.69 Å². The highest BCUT2D eigenvalue weighted by Gasteiger charge is 2.26. The Labute approximate surface area is 183 Å². The van der Waals surface area contributed by atoms with Crippen molar-refractivity contribution >= 4 is 45.1 Å². The molecule has 4 aromatic rings. The number of fused-ring (bicyclic) bond motifs is 1. The Morgan fingerprint density at radius 2 is 1.87 bits per heavy atom. The number of carbonyl (C=O) groups is 1. The molecule has 1 atom stereocenters. The molecule has 1 aliphatic heterocycles. The Balaban J connectivity index is 1.24. The summed E-state index contributed by atoms with van der Waals surface area (Å²) in [5, 5.41) is 4.25. The van der Waals surface area contributed by atoms with Crippen molar-refractivity contribution in [1.29, 1.82) is 0 Å². The zero-order chi connectivity index (χ0) is 20.3. The molecule has 0 bridgehead atoms. The number of aromatic nitrogens is 3. The van der Waals surface area contributed by atoms with Gasteiger partial charge in [-0.1, -0.05) is 12.1 Å². The summed E-state index contributed by atoms with van der Waals surface area (Å²) >= 11 is 3.16. The standard InChI is InChI=1S/C22H21N5OS2/c28-14-18(13-17-15-29-22(24-17)16-5-7-23-8-6-16)26-9-11-27(12-10-26)21-19-3-1-2-4-20(19)30-25-21/h1-8,14-15,18H,9-13H2. The minimum absolute atomic E-state index is 0.147. The molecule has 1 saturated heterocycles. The molecule has 0 spiro atoms. The Morgan fingerprint density at radius 3 is 2.67 bits per heavy atom. The average Bonchev–Trinajstić information content (AvgIpc) is 3.46. The molecule has 8 heteroatoms. The van der Waals surface area contributed by atoms with Crippen LogP contribution in [-0.4, -0.2) is 57.7 Å². The monoisotopic (exact) mass is 435 g/mol. The van der Waals surface area contributed by atoms with Crippen molar-refractivity contribution in [2.45, 2.75) is 12.5 Å². The molecule has 0 aliphatic carbocycles. The summed E-state index contributed by atoms with van der Waals surface area (Å²) in [7, 11) is 0. The van der Waals surface area contributed by atoms with E-state index in [1.807, 2.05) is 12.1 Å². The molecule has 5 rings (SSSR count). The predicted octanol–water partition coefficient (Wildman–Crippen LogP) is 3.75. The van der Waals surface area contributed by atoms with Crippen molar-refractivity contribution in [2.24, 2.45) is 0 Å². The van der Waals surface area contributed by atoms with Gasteiger partial charge in [0, 0.05) is 61.3 Å². The maximum absolute atomic E-state index is 11.9. The van der Waals surface area contributed by atoms with Crippen LogP contribution in [0.2, 0.25) is 0 Å². The second-order valence-corrected chi connectivity index (χ2v) is 8.98. The molecule has 1 aromatic carbocycles. The van der Waals surface area contributed by atoms with Gasteiger partial charge in [0.2, 0.25) is 0 Å². The van der Waals surface area contributed by atoms with Gasteiger partial charge in [-0.2, -0.15) is 4.37 Å². The number of carbonyl (C=O) groups excluding carboxylic acids is 1. The molecule has 30 heavy (non-hydrogen) atoms. The maximum atomic E-state index is 11.9. The lowest BCUT2D eigenvalue weighted by atomic mass is 10.1. The van der Waals surface area contributed by atoms with Crippen LogP contribution in [0.5, 0.6) is 0 Å². The number of aldehydes is 1. The third-order valence-electron chi connectivity index (χ3n) is 5.50. The average molecular weight is 436 g/mol. The van der Waals surface area contributed by atoms with Gasteiger partial charge in [0.05, 0.1) is 16.4 Å². The van der Waals surface area contributed by atoms with Crippen molar-refractivity contribution < 1.29 is 4.79 Å². The zero-order valence-electron chi connectivity index (χ0n) is 16.3. The van der Waals surface area contributed by atoms with Crippen LogP contribution in [-0.2, 0) is 11.2 Å². The van der Waals surface area contributed by atoms with E-state index in [2.05, 4.69) is 48.8 Å². The van der Waals surface area contributed by atoms with E-state index in [-0.39, 0.29) is 6.04 Å². The molecule has 1 aliphatic rings. The van der Waals surface area contributed by atoms with E-state index in [1.54, 1.807) is 35.3 Å². The minimum atomic E-state index is -0.147. The van der Waals surface area contributed by atoms with Crippen molar-refractivity contribution in [3.8, 4) is 10.6 Å². The molecular weight excluding hydrogens is 414 g/mol. The fourth-order valence-electron chi connectivity index (χ4n) is 3.87. The summed E-state index contributed by atoms with van der Waals surface area (Å²) in [6.07, 6.45) is 5.26. The highest BCUT2D eigenvalue weighted by Crippen LogP contribution is 2.30. The van der Waals surface area contributed by atoms with Crippen molar-refractivity contribution in [2.75, 3.05) is 31.1 Å². The molecule has 0 amide bonds. The topological polar surface area (TPSA) is 62.2 Å². The van der Waals surface area contributed by atoms with Gasteiger partial charge in [-0.05, 0) is 35.8 Å². The highest BCUT2D eigenvalue weighted by atomic mass is 32.1. The van der Waals surface area contributed by atoms with Gasteiger partial charge < -0.3 is 9.69 Å². The van der Waals surface area contributed by atoms with E-state index < -0.39 is 0 Å². The Bertz CT molecular complexity index is 1130. The summed E-state index contributed by atoms with van der Waals surface area (Å²) in [6.45, 7) is 3.43. The predicted molar refractivity (Wildman–Crippen MR) is 122 cm³/mol. The van der Waals surface area contributed by atoms with Crippen LogP contribution in [0, 0.1) is 0 Å². The number of thiazole rings is 1. The van der Waals surface area contributed by atoms with Crippen LogP contribution < -0.4 is 4.90 Å². The number of piperazine rings is 1. The van der Waals surface area contributed by atoms with Crippen LogP contribution in [0.3, 0.4) is 0 Å². The van der Waals surface area contributed by atoms with Gasteiger partial charge in [0.25, 0.3) is 0 Å². The molecule has 3 aromatic heterocycles. The quantitative estimate of drug-likeness (QED) is 0.430. The van der Waals surface area contributed by atoms with E-state index in [9.17, 15) is 4.79 Å². The number of nitrogens with zero attached hydrogens (tertiary/aromatic N) is 5. The summed E-state index contributed by atoms with van der Waals surface area (Å²) in [4.78, 5) is 25.3. The molecule has 0 N–H and O–H groups in total. The Kier molecular flexibility index (Phi) is 5.52. The van der Waals surface area contributed by atoms with E-state index in [0.717, 1.165) is 54.5 Å². The Hall–Kier alpha value is -2.68. The first-order valence-electron chi connectivity index (χ1n) is 9.95. The molecule has 0 saturated carbocycles. The smallest absolute Gasteiger partial charge is 0.150 e. The first-order valence-corrected chi connectivity index (χ1v) is 11.6. The molecule has 1 unspecified atom stereocenters. The van der Waals surface area contributed by atoms with Gasteiger partial charge in [0.15, 0.2) is 0 Å². The second kappa shape index (κ2) is 8.59. The van der Waals surface area contributed by atoms with Crippen molar-refractivity contribution in [3.05, 3.63) is 59.9 Å². The lowest BCUT2D eigenvalue weighted by Crippen LogP contribution is -2.51. The SMILES string of the molecule is O=CC(Cc1csc(-c2ccncc2)n1)N1CCN(c2nsc3ccccc23)CC1. The number of hydrogen-bond donors (Lipinski definition) is 0. The van der Waals surface area contributed by atoms with Crippen LogP contribution >= 0.6 is 22.9 Å². The lowest BCUT2D eigenvalue weighted by molar-refractivity contribution is -0.112. The molecule has 152 valence electrons. The van der Waals surface area contributed by atoms with Gasteiger partial charge in [-0.3, -0.25) is 9.88 Å². The first-order chi connectivity index (χ1) is 14.8. The first kappa shape index (κ1) is 19.3. The third kappa shape index (κ3) is 3.86. The van der Waals surface area contributed by atoms with Crippen LogP contribution in [0.15, 0.2) is 54.2 Å². The second-order valence-electron chi connectivity index (χ2n) is 7.31. The summed E-state index contributed by atoms with van der Waals surface area (Å²) in [5.74, 6) is 1.07. The Morgan fingerprint density at radius 1 is 1.07 bits per heavy atom. The maximum Gasteiger partial charge on any atom is 0.150 e. The van der Waals surface area contributed by atoms with E-state index in [4.69, 9.17) is 4.98 Å². The summed E-state index contributed by atoms with van der Waals surface area (Å²) < 4.78 is 5.89. The van der Waals surface area contributed by atoms with Gasteiger partial charge in [0.1, 0.15) is 17.1 Å². The van der Waals surface area contributed by atoms with E-state index in [1.165, 1.54) is 10.1 Å². The van der Waals surface area contributed by atoms with E-state index >= 15 is 0 Å². The summed E-state index contributed by atoms with van der Waals surface area (Å²) in [5.41, 5.74) is 2.03. The molecule has 6 nitrogen and oxygen atoms in total. The summed E-state index contributed by atoms with van der Waals surface area (Å²) in [6, 6.07) is 12.1. The largest absolute Gasteiger partial charge is 0.353 e. The molecule has 4 heterocycles. The lowest BCUT2D eigenvalue weighted by Gasteiger charge is -2.37. The number of rotatable bonds is 6.